The summed E-state index contributed by atoms with van der Waals surface area (Å²) in [5.41, 5.74) is 7.12. The van der Waals surface area contributed by atoms with Crippen molar-refractivity contribution in [3.05, 3.63) is 32.1 Å². The number of hydrogen-bond donors (Lipinski definition) is 1. The summed E-state index contributed by atoms with van der Waals surface area (Å²) in [5, 5.41) is 4.05. The molecular formula is C14H16BrIN4O. The second-order valence-electron chi connectivity index (χ2n) is 5.20. The summed E-state index contributed by atoms with van der Waals surface area (Å²) in [6, 6.07) is 5.77. The Bertz CT molecular complexity index is 627. The minimum Gasteiger partial charge on any atom is -0.334 e. The van der Waals surface area contributed by atoms with Gasteiger partial charge in [-0.1, -0.05) is 21.1 Å². The van der Waals surface area contributed by atoms with E-state index in [9.17, 15) is 0 Å². The van der Waals surface area contributed by atoms with Crippen LogP contribution in [0.3, 0.4) is 0 Å². The van der Waals surface area contributed by atoms with Crippen molar-refractivity contribution in [1.82, 2.24) is 15.0 Å². The van der Waals surface area contributed by atoms with E-state index in [1.165, 1.54) is 12.8 Å². The molecule has 0 saturated carbocycles. The van der Waals surface area contributed by atoms with E-state index in [1.807, 2.05) is 18.2 Å². The predicted molar refractivity (Wildman–Crippen MR) is 92.8 cm³/mol. The Morgan fingerprint density at radius 1 is 1.38 bits per heavy atom. The molecule has 1 saturated heterocycles. The van der Waals surface area contributed by atoms with Crippen LogP contribution in [0.15, 0.2) is 27.2 Å². The molecule has 1 fully saturated rings. The van der Waals surface area contributed by atoms with Crippen molar-refractivity contribution in [3.8, 4) is 11.5 Å². The van der Waals surface area contributed by atoms with E-state index in [1.54, 1.807) is 0 Å². The summed E-state index contributed by atoms with van der Waals surface area (Å²) in [6.07, 6.45) is 2.50. The van der Waals surface area contributed by atoms with E-state index in [0.717, 1.165) is 33.2 Å². The highest BCUT2D eigenvalue weighted by atomic mass is 127. The van der Waals surface area contributed by atoms with Crippen molar-refractivity contribution in [2.45, 2.75) is 18.9 Å². The van der Waals surface area contributed by atoms with Crippen molar-refractivity contribution in [3.63, 3.8) is 0 Å². The van der Waals surface area contributed by atoms with Crippen LogP contribution in [0.25, 0.3) is 11.5 Å². The fraction of sp³-hybridized carbons (Fsp3) is 0.429. The molecular weight excluding hydrogens is 447 g/mol. The molecule has 5 nitrogen and oxygen atoms in total. The Labute approximate surface area is 145 Å². The van der Waals surface area contributed by atoms with Crippen LogP contribution < -0.4 is 5.73 Å². The van der Waals surface area contributed by atoms with E-state index >= 15 is 0 Å². The maximum atomic E-state index is 6.20. The predicted octanol–water partition coefficient (Wildman–Crippen LogP) is 3.20. The quantitative estimate of drug-likeness (QED) is 0.706. The smallest absolute Gasteiger partial charge is 0.259 e. The molecule has 1 aliphatic heterocycles. The van der Waals surface area contributed by atoms with Crippen molar-refractivity contribution in [2.24, 2.45) is 5.73 Å². The van der Waals surface area contributed by atoms with Crippen molar-refractivity contribution >= 4 is 38.5 Å². The van der Waals surface area contributed by atoms with Crippen molar-refractivity contribution < 1.29 is 4.52 Å². The lowest BCUT2D eigenvalue weighted by Gasteiger charge is -2.17. The molecule has 7 heteroatoms. The maximum absolute atomic E-state index is 6.20. The number of nitrogens with two attached hydrogens (primary N) is 1. The minimum atomic E-state index is -0.203. The Morgan fingerprint density at radius 3 is 2.90 bits per heavy atom. The van der Waals surface area contributed by atoms with Gasteiger partial charge in [-0.15, -0.1) is 0 Å². The number of nitrogens with zero attached hydrogens (tertiary/aromatic N) is 3. The maximum Gasteiger partial charge on any atom is 0.259 e. The Morgan fingerprint density at radius 2 is 2.14 bits per heavy atom. The fourth-order valence-corrected chi connectivity index (χ4v) is 3.41. The molecule has 0 spiro atoms. The van der Waals surface area contributed by atoms with Crippen molar-refractivity contribution in [2.75, 3.05) is 19.6 Å². The van der Waals surface area contributed by atoms with Crippen LogP contribution in [-0.2, 0) is 0 Å². The van der Waals surface area contributed by atoms with Gasteiger partial charge in [0, 0.05) is 14.6 Å². The van der Waals surface area contributed by atoms with Crippen LogP contribution in [-0.4, -0.2) is 34.7 Å². The largest absolute Gasteiger partial charge is 0.334 e. The first-order chi connectivity index (χ1) is 10.1. The highest BCUT2D eigenvalue weighted by Gasteiger charge is 2.21. The van der Waals surface area contributed by atoms with Gasteiger partial charge in [-0.05, 0) is 66.7 Å². The Kier molecular flexibility index (Phi) is 4.92. The van der Waals surface area contributed by atoms with Crippen LogP contribution in [0.2, 0.25) is 0 Å². The zero-order valence-electron chi connectivity index (χ0n) is 11.4. The SMILES string of the molecule is NC(CN1CCCC1)c1noc(-c2cc(Br)ccc2I)n1. The second kappa shape index (κ2) is 6.72. The normalized spacial score (nSPS) is 17.3. The van der Waals surface area contributed by atoms with Gasteiger partial charge in [0.25, 0.3) is 5.89 Å². The molecule has 0 radical (unpaired) electrons. The number of hydrogen-bond acceptors (Lipinski definition) is 5. The van der Waals surface area contributed by atoms with Gasteiger partial charge in [-0.25, -0.2) is 0 Å². The van der Waals surface area contributed by atoms with Crippen molar-refractivity contribution in [1.29, 1.82) is 0 Å². The summed E-state index contributed by atoms with van der Waals surface area (Å²) >= 11 is 5.72. The topological polar surface area (TPSA) is 68.2 Å². The summed E-state index contributed by atoms with van der Waals surface area (Å²) in [4.78, 5) is 6.82. The molecule has 0 aliphatic carbocycles. The summed E-state index contributed by atoms with van der Waals surface area (Å²) < 4.78 is 7.44. The summed E-state index contributed by atoms with van der Waals surface area (Å²) in [5.74, 6) is 1.10. The van der Waals surface area contributed by atoms with E-state index in [2.05, 4.69) is 53.6 Å². The number of likely N-dealkylation sites (tertiary alicyclic amines) is 1. The molecule has 1 aromatic heterocycles. The third-order valence-electron chi connectivity index (χ3n) is 3.59. The number of aromatic nitrogens is 2. The molecule has 1 atom stereocenters. The molecule has 0 bridgehead atoms. The lowest BCUT2D eigenvalue weighted by Crippen LogP contribution is -2.30. The van der Waals surface area contributed by atoms with Crippen LogP contribution in [0.5, 0.6) is 0 Å². The molecule has 2 aromatic rings. The van der Waals surface area contributed by atoms with Crippen LogP contribution >= 0.6 is 38.5 Å². The summed E-state index contributed by atoms with van der Waals surface area (Å²) in [6.45, 7) is 3.01. The third-order valence-corrected chi connectivity index (χ3v) is 5.02. The molecule has 1 aromatic carbocycles. The van der Waals surface area contributed by atoms with Gasteiger partial charge >= 0.3 is 0 Å². The van der Waals surface area contributed by atoms with E-state index in [-0.39, 0.29) is 6.04 Å². The van der Waals surface area contributed by atoms with E-state index < -0.39 is 0 Å². The van der Waals surface area contributed by atoms with Crippen LogP contribution in [0.1, 0.15) is 24.7 Å². The molecule has 1 aliphatic rings. The molecule has 1 unspecified atom stereocenters. The molecule has 0 amide bonds. The van der Waals surface area contributed by atoms with Gasteiger partial charge in [0.05, 0.1) is 11.6 Å². The molecule has 3 rings (SSSR count). The first-order valence-corrected chi connectivity index (χ1v) is 8.77. The molecule has 2 N–H and O–H groups in total. The standard InChI is InChI=1S/C14H16BrIN4O/c15-9-3-4-11(16)10(7-9)14-18-13(19-21-14)12(17)8-20-5-1-2-6-20/h3-4,7,12H,1-2,5-6,8,17H2. The Balaban J connectivity index is 1.77. The highest BCUT2D eigenvalue weighted by molar-refractivity contribution is 14.1. The Hall–Kier alpha value is -0.510. The summed E-state index contributed by atoms with van der Waals surface area (Å²) in [7, 11) is 0. The third kappa shape index (κ3) is 3.64. The zero-order chi connectivity index (χ0) is 14.8. The molecule has 21 heavy (non-hydrogen) atoms. The van der Waals surface area contributed by atoms with Gasteiger partial charge in [0.2, 0.25) is 0 Å². The fourth-order valence-electron chi connectivity index (χ4n) is 2.48. The minimum absolute atomic E-state index is 0.203. The van der Waals surface area contributed by atoms with Gasteiger partial charge < -0.3 is 15.2 Å². The van der Waals surface area contributed by atoms with Gasteiger partial charge in [0.15, 0.2) is 5.82 Å². The lowest BCUT2D eigenvalue weighted by atomic mass is 10.2. The van der Waals surface area contributed by atoms with Crippen LogP contribution in [0, 0.1) is 3.57 Å². The molecule has 2 heterocycles. The van der Waals surface area contributed by atoms with Gasteiger partial charge in [-0.3, -0.25) is 0 Å². The monoisotopic (exact) mass is 462 g/mol. The zero-order valence-corrected chi connectivity index (χ0v) is 15.2. The van der Waals surface area contributed by atoms with E-state index in [0.29, 0.717) is 11.7 Å². The first kappa shape index (κ1) is 15.4. The van der Waals surface area contributed by atoms with Crippen LogP contribution in [0.4, 0.5) is 0 Å². The second-order valence-corrected chi connectivity index (χ2v) is 7.27. The van der Waals surface area contributed by atoms with Gasteiger partial charge in [0.1, 0.15) is 0 Å². The number of benzene rings is 1. The van der Waals surface area contributed by atoms with E-state index in [4.69, 9.17) is 10.3 Å². The number of halogens is 2. The average Bonchev–Trinajstić information content (AvgIpc) is 3.12. The highest BCUT2D eigenvalue weighted by Crippen LogP contribution is 2.28. The lowest BCUT2D eigenvalue weighted by molar-refractivity contribution is 0.306. The first-order valence-electron chi connectivity index (χ1n) is 6.90. The van der Waals surface area contributed by atoms with Gasteiger partial charge in [-0.2, -0.15) is 4.98 Å². The average molecular weight is 463 g/mol. The molecule has 112 valence electrons. The number of rotatable bonds is 4.